The summed E-state index contributed by atoms with van der Waals surface area (Å²) in [7, 11) is -4.07. The first-order valence-electron chi connectivity index (χ1n) is 6.01. The molecule has 2 amide bonds. The Balaban J connectivity index is 2.16. The first-order valence-corrected chi connectivity index (χ1v) is 8.72. The van der Waals surface area contributed by atoms with Crippen molar-refractivity contribution in [2.45, 2.75) is 15.9 Å². The topological polar surface area (TPSA) is 113 Å². The Labute approximate surface area is 126 Å². The minimum absolute atomic E-state index is 0.0701. The van der Waals surface area contributed by atoms with Crippen molar-refractivity contribution in [2.75, 3.05) is 12.8 Å². The van der Waals surface area contributed by atoms with Crippen molar-refractivity contribution < 1.29 is 23.1 Å². The zero-order valence-electron chi connectivity index (χ0n) is 11.1. The van der Waals surface area contributed by atoms with Gasteiger partial charge < -0.3 is 10.4 Å². The molecule has 2 rings (SSSR count). The summed E-state index contributed by atoms with van der Waals surface area (Å²) in [5.74, 6) is -3.13. The van der Waals surface area contributed by atoms with Gasteiger partial charge in [-0.05, 0) is 30.5 Å². The lowest BCUT2D eigenvalue weighted by Gasteiger charge is -2.12. The number of hydrogen-bond acceptors (Lipinski definition) is 6. The fourth-order valence-corrected chi connectivity index (χ4v) is 3.32. The molecular formula is C12H14N2O5S2. The molecule has 2 atom stereocenters. The second kappa shape index (κ2) is 6.04. The number of carbonyl (C=O) groups excluding carboxylic acids is 2. The molecule has 9 heteroatoms. The smallest absolute Gasteiger partial charge is 0.264 e. The van der Waals surface area contributed by atoms with E-state index in [1.165, 1.54) is 23.9 Å². The molecule has 1 aromatic carbocycles. The van der Waals surface area contributed by atoms with Crippen LogP contribution in [0.25, 0.3) is 0 Å². The van der Waals surface area contributed by atoms with E-state index in [1.54, 1.807) is 12.1 Å². The van der Waals surface area contributed by atoms with E-state index < -0.39 is 33.9 Å². The molecule has 0 spiro atoms. The monoisotopic (exact) mass is 330 g/mol. The van der Waals surface area contributed by atoms with Crippen LogP contribution in [0.2, 0.25) is 0 Å². The van der Waals surface area contributed by atoms with Crippen LogP contribution >= 0.6 is 11.8 Å². The normalized spacial score (nSPS) is 21.9. The predicted octanol–water partition coefficient (Wildman–Crippen LogP) is -0.680. The van der Waals surface area contributed by atoms with Gasteiger partial charge in [0.05, 0.1) is 11.0 Å². The van der Waals surface area contributed by atoms with Crippen molar-refractivity contribution in [3.63, 3.8) is 0 Å². The molecule has 0 bridgehead atoms. The molecule has 1 saturated heterocycles. The lowest BCUT2D eigenvalue weighted by Crippen LogP contribution is -2.42. The molecule has 0 saturated carbocycles. The molecular weight excluding hydrogens is 316 g/mol. The summed E-state index contributed by atoms with van der Waals surface area (Å²) in [5.41, 5.74) is 0. The molecule has 0 radical (unpaired) electrons. The molecule has 1 fully saturated rings. The number of amides is 2. The first kappa shape index (κ1) is 15.8. The fraction of sp³-hybridized carbons (Fsp3) is 0.333. The van der Waals surface area contributed by atoms with Crippen molar-refractivity contribution in [2.24, 2.45) is 5.92 Å². The van der Waals surface area contributed by atoms with Crippen LogP contribution in [0.5, 0.6) is 0 Å². The maximum absolute atomic E-state index is 12.1. The Morgan fingerprint density at radius 2 is 2.00 bits per heavy atom. The third kappa shape index (κ3) is 3.36. The van der Waals surface area contributed by atoms with Crippen LogP contribution in [-0.2, 0) is 19.6 Å². The molecule has 2 unspecified atom stereocenters. The summed E-state index contributed by atoms with van der Waals surface area (Å²) in [6, 6.07) is 5.96. The lowest BCUT2D eigenvalue weighted by atomic mass is 10.1. The van der Waals surface area contributed by atoms with Gasteiger partial charge in [-0.1, -0.05) is 0 Å². The van der Waals surface area contributed by atoms with Crippen molar-refractivity contribution in [1.29, 1.82) is 0 Å². The van der Waals surface area contributed by atoms with Crippen molar-refractivity contribution >= 4 is 33.6 Å². The summed E-state index contributed by atoms with van der Waals surface area (Å²) in [5, 5.41) is 11.8. The molecule has 1 aliphatic heterocycles. The SMILES string of the molecule is CSc1ccc(S(=O)(=O)NC(=O)C2C(=O)NCC2O)cc1. The molecule has 3 N–H and O–H groups in total. The number of thioether (sulfide) groups is 1. The number of hydrogen-bond donors (Lipinski definition) is 3. The van der Waals surface area contributed by atoms with Crippen molar-refractivity contribution in [3.05, 3.63) is 24.3 Å². The average Bonchev–Trinajstić information content (AvgIpc) is 2.77. The van der Waals surface area contributed by atoms with Crippen molar-refractivity contribution in [1.82, 2.24) is 10.0 Å². The van der Waals surface area contributed by atoms with Crippen LogP contribution in [0.4, 0.5) is 0 Å². The van der Waals surface area contributed by atoms with Gasteiger partial charge in [-0.15, -0.1) is 11.8 Å². The number of sulfonamides is 1. The van der Waals surface area contributed by atoms with E-state index in [0.29, 0.717) is 0 Å². The van der Waals surface area contributed by atoms with Crippen molar-refractivity contribution in [3.8, 4) is 0 Å². The Morgan fingerprint density at radius 1 is 1.38 bits per heavy atom. The standard InChI is InChI=1S/C12H14N2O5S2/c1-20-7-2-4-8(5-3-7)21(18,19)14-12(17)10-9(15)6-13-11(10)16/h2-5,9-10,15H,6H2,1H3,(H,13,16)(H,14,17). The first-order chi connectivity index (χ1) is 9.85. The van der Waals surface area contributed by atoms with E-state index in [9.17, 15) is 23.1 Å². The number of rotatable bonds is 4. The Bertz CT molecular complexity index is 657. The summed E-state index contributed by atoms with van der Waals surface area (Å²) in [4.78, 5) is 24.1. The van der Waals surface area contributed by atoms with E-state index in [1.807, 2.05) is 11.0 Å². The van der Waals surface area contributed by atoms with Gasteiger partial charge in [0.15, 0.2) is 0 Å². The van der Waals surface area contributed by atoms with Gasteiger partial charge in [0.1, 0.15) is 5.92 Å². The summed E-state index contributed by atoms with van der Waals surface area (Å²) < 4.78 is 25.9. The molecule has 7 nitrogen and oxygen atoms in total. The van der Waals surface area contributed by atoms with Gasteiger partial charge in [-0.25, -0.2) is 13.1 Å². The highest BCUT2D eigenvalue weighted by molar-refractivity contribution is 7.98. The second-order valence-corrected chi connectivity index (χ2v) is 7.00. The highest BCUT2D eigenvalue weighted by atomic mass is 32.2. The van der Waals surface area contributed by atoms with Gasteiger partial charge in [0, 0.05) is 11.4 Å². The van der Waals surface area contributed by atoms with Gasteiger partial charge in [-0.3, -0.25) is 9.59 Å². The average molecular weight is 330 g/mol. The number of nitrogens with one attached hydrogen (secondary N) is 2. The number of aliphatic hydroxyl groups excluding tert-OH is 1. The molecule has 0 aliphatic carbocycles. The lowest BCUT2D eigenvalue weighted by molar-refractivity contribution is -0.134. The second-order valence-electron chi connectivity index (χ2n) is 4.44. The quantitative estimate of drug-likeness (QED) is 0.498. The maximum atomic E-state index is 12.1. The van der Waals surface area contributed by atoms with Gasteiger partial charge in [-0.2, -0.15) is 0 Å². The summed E-state index contributed by atoms with van der Waals surface area (Å²) in [6.45, 7) is -0.0701. The Morgan fingerprint density at radius 3 is 2.48 bits per heavy atom. The highest BCUT2D eigenvalue weighted by Crippen LogP contribution is 2.18. The summed E-state index contributed by atoms with van der Waals surface area (Å²) >= 11 is 1.45. The molecule has 114 valence electrons. The largest absolute Gasteiger partial charge is 0.390 e. The zero-order valence-corrected chi connectivity index (χ0v) is 12.7. The predicted molar refractivity (Wildman–Crippen MR) is 76.1 cm³/mol. The van der Waals surface area contributed by atoms with Crippen LogP contribution in [0.3, 0.4) is 0 Å². The van der Waals surface area contributed by atoms with E-state index in [0.717, 1.165) is 4.90 Å². The van der Waals surface area contributed by atoms with Crippen LogP contribution in [0, 0.1) is 5.92 Å². The third-order valence-electron chi connectivity index (χ3n) is 3.04. The number of benzene rings is 1. The van der Waals surface area contributed by atoms with Gasteiger partial charge in [0.2, 0.25) is 11.8 Å². The molecule has 21 heavy (non-hydrogen) atoms. The number of aliphatic hydroxyl groups is 1. The van der Waals surface area contributed by atoms with Crippen LogP contribution in [-0.4, -0.2) is 44.2 Å². The van der Waals surface area contributed by atoms with Crippen LogP contribution < -0.4 is 10.0 Å². The summed E-state index contributed by atoms with van der Waals surface area (Å²) in [6.07, 6.45) is 0.623. The number of β-amino-alcohol motifs (C(OH)–C–C–N with tert-alkyl or cyclic N) is 1. The van der Waals surface area contributed by atoms with E-state index in [4.69, 9.17) is 0 Å². The van der Waals surface area contributed by atoms with Gasteiger partial charge >= 0.3 is 0 Å². The fourth-order valence-electron chi connectivity index (χ4n) is 1.91. The van der Waals surface area contributed by atoms with E-state index in [2.05, 4.69) is 5.32 Å². The third-order valence-corrected chi connectivity index (χ3v) is 5.15. The Hall–Kier alpha value is -1.58. The Kier molecular flexibility index (Phi) is 4.55. The molecule has 1 aromatic rings. The molecule has 1 heterocycles. The molecule has 0 aromatic heterocycles. The van der Waals surface area contributed by atoms with Crippen LogP contribution in [0.15, 0.2) is 34.1 Å². The minimum atomic E-state index is -4.07. The van der Waals surface area contributed by atoms with E-state index in [-0.39, 0.29) is 11.4 Å². The van der Waals surface area contributed by atoms with Gasteiger partial charge in [0.25, 0.3) is 10.0 Å². The highest BCUT2D eigenvalue weighted by Gasteiger charge is 2.40. The molecule has 1 aliphatic rings. The number of carbonyl (C=O) groups is 2. The van der Waals surface area contributed by atoms with E-state index >= 15 is 0 Å². The minimum Gasteiger partial charge on any atom is -0.390 e. The zero-order chi connectivity index (χ0) is 15.6. The van der Waals surface area contributed by atoms with Crippen LogP contribution in [0.1, 0.15) is 0 Å². The maximum Gasteiger partial charge on any atom is 0.264 e.